The third-order valence-electron chi connectivity index (χ3n) is 5.54. The molecule has 0 radical (unpaired) electrons. The Morgan fingerprint density at radius 2 is 2.07 bits per heavy atom. The van der Waals surface area contributed by atoms with Gasteiger partial charge in [-0.05, 0) is 13.8 Å². The van der Waals surface area contributed by atoms with E-state index >= 15 is 0 Å². The number of hydrogen-bond donors (Lipinski definition) is 2. The molecule has 1 amide bonds. The van der Waals surface area contributed by atoms with Crippen molar-refractivity contribution in [1.29, 1.82) is 0 Å². The Morgan fingerprint density at radius 3 is 2.67 bits per heavy atom. The van der Waals surface area contributed by atoms with E-state index in [0.29, 0.717) is 13.0 Å². The van der Waals surface area contributed by atoms with E-state index < -0.39 is 11.0 Å². The fourth-order valence-electron chi connectivity index (χ4n) is 3.44. The Hall–Kier alpha value is -1.47. The topological polar surface area (TPSA) is 77.2 Å². The summed E-state index contributed by atoms with van der Waals surface area (Å²) in [6.45, 7) is 8.53. The molecule has 1 saturated carbocycles. The van der Waals surface area contributed by atoms with Crippen LogP contribution in [0, 0.1) is 5.41 Å². The fraction of sp³-hybridized carbons (Fsp3) is 0.500. The molecule has 1 aliphatic rings. The smallest absolute Gasteiger partial charge is 0.241 e. The number of nitrogens with two attached hydrogens (primary N) is 1. The van der Waals surface area contributed by atoms with Crippen LogP contribution < -0.4 is 11.1 Å². The molecule has 0 spiro atoms. The Labute approximate surface area is 171 Å². The molecule has 1 aromatic heterocycles. The highest BCUT2D eigenvalue weighted by molar-refractivity contribution is 7.10. The van der Waals surface area contributed by atoms with Crippen molar-refractivity contribution < 1.29 is 9.53 Å². The highest BCUT2D eigenvalue weighted by Crippen LogP contribution is 2.50. The molecule has 27 heavy (non-hydrogen) atoms. The van der Waals surface area contributed by atoms with E-state index in [9.17, 15) is 4.79 Å². The number of benzene rings is 1. The van der Waals surface area contributed by atoms with Crippen LogP contribution in [0.1, 0.15) is 45.2 Å². The molecule has 1 aromatic carbocycles. The number of carbonyl (C=O) groups excluding carboxylic acids is 1. The first-order valence-electron chi connectivity index (χ1n) is 9.02. The number of amides is 1. The van der Waals surface area contributed by atoms with Gasteiger partial charge in [0.25, 0.3) is 0 Å². The molecular weight excluding hydrogens is 382 g/mol. The summed E-state index contributed by atoms with van der Waals surface area (Å²) in [5.41, 5.74) is 7.14. The maximum atomic E-state index is 12.9. The molecule has 0 saturated heterocycles. The zero-order chi connectivity index (χ0) is 18.9. The van der Waals surface area contributed by atoms with Gasteiger partial charge in [0, 0.05) is 29.4 Å². The summed E-state index contributed by atoms with van der Waals surface area (Å²) in [7, 11) is 0. The van der Waals surface area contributed by atoms with Crippen molar-refractivity contribution in [2.75, 3.05) is 6.61 Å². The van der Waals surface area contributed by atoms with Crippen molar-refractivity contribution in [3.63, 3.8) is 0 Å². The first-order chi connectivity index (χ1) is 12.3. The number of nitrogens with one attached hydrogen (secondary N) is 1. The van der Waals surface area contributed by atoms with Crippen molar-refractivity contribution in [2.24, 2.45) is 11.1 Å². The summed E-state index contributed by atoms with van der Waals surface area (Å²) in [6.07, 6.45) is 0.558. The van der Waals surface area contributed by atoms with Crippen LogP contribution in [0.5, 0.6) is 0 Å². The minimum absolute atomic E-state index is 0. The third-order valence-corrected chi connectivity index (χ3v) is 6.57. The molecule has 3 unspecified atom stereocenters. The Morgan fingerprint density at radius 1 is 1.41 bits per heavy atom. The molecule has 5 nitrogen and oxygen atoms in total. The van der Waals surface area contributed by atoms with E-state index in [1.807, 2.05) is 63.4 Å². The van der Waals surface area contributed by atoms with Crippen molar-refractivity contribution in [3.05, 3.63) is 40.7 Å². The lowest BCUT2D eigenvalue weighted by Gasteiger charge is -2.57. The quantitative estimate of drug-likeness (QED) is 0.757. The summed E-state index contributed by atoms with van der Waals surface area (Å²) in [5, 5.41) is 5.94. The largest absolute Gasteiger partial charge is 0.378 e. The highest BCUT2D eigenvalue weighted by atomic mass is 35.5. The SMILES string of the molecule is CCOC1CC(N)(C(=O)NC(C)c2nc(-c3ccccc3)cs2)C1(C)C.Cl. The van der Waals surface area contributed by atoms with Crippen molar-refractivity contribution in [3.8, 4) is 11.3 Å². The van der Waals surface area contributed by atoms with Gasteiger partial charge in [-0.2, -0.15) is 0 Å². The lowest BCUT2D eigenvalue weighted by Crippen LogP contribution is -2.75. The summed E-state index contributed by atoms with van der Waals surface area (Å²) in [4.78, 5) is 17.5. The number of nitrogens with zero attached hydrogens (tertiary/aromatic N) is 1. The molecule has 3 atom stereocenters. The summed E-state index contributed by atoms with van der Waals surface area (Å²) in [5.74, 6) is -0.137. The molecule has 3 rings (SSSR count). The van der Waals surface area contributed by atoms with E-state index in [1.54, 1.807) is 11.3 Å². The normalized spacial score (nSPS) is 24.4. The van der Waals surface area contributed by atoms with Crippen LogP contribution in [0.25, 0.3) is 11.3 Å². The zero-order valence-electron chi connectivity index (χ0n) is 16.2. The van der Waals surface area contributed by atoms with Crippen molar-refractivity contribution in [2.45, 2.75) is 51.8 Å². The minimum atomic E-state index is -0.916. The Balaban J connectivity index is 0.00000261. The van der Waals surface area contributed by atoms with Crippen molar-refractivity contribution >= 4 is 29.7 Å². The fourth-order valence-corrected chi connectivity index (χ4v) is 4.27. The number of carbonyl (C=O) groups is 1. The molecule has 7 heteroatoms. The zero-order valence-corrected chi connectivity index (χ0v) is 17.8. The van der Waals surface area contributed by atoms with Gasteiger partial charge in [-0.25, -0.2) is 4.98 Å². The van der Waals surface area contributed by atoms with Gasteiger partial charge in [0.1, 0.15) is 10.5 Å². The molecule has 1 fully saturated rings. The molecule has 0 aliphatic heterocycles. The van der Waals surface area contributed by atoms with Gasteiger partial charge in [0.2, 0.25) is 5.91 Å². The minimum Gasteiger partial charge on any atom is -0.378 e. The number of rotatable bonds is 6. The van der Waals surface area contributed by atoms with Crippen LogP contribution in [0.4, 0.5) is 0 Å². The van der Waals surface area contributed by atoms with Crippen LogP contribution in [-0.4, -0.2) is 29.1 Å². The monoisotopic (exact) mass is 409 g/mol. The van der Waals surface area contributed by atoms with Gasteiger partial charge in [0.05, 0.1) is 17.8 Å². The molecule has 0 bridgehead atoms. The molecule has 2 aromatic rings. The summed E-state index contributed by atoms with van der Waals surface area (Å²) >= 11 is 1.55. The maximum Gasteiger partial charge on any atom is 0.241 e. The number of thiazole rings is 1. The van der Waals surface area contributed by atoms with Gasteiger partial charge >= 0.3 is 0 Å². The van der Waals surface area contributed by atoms with E-state index in [2.05, 4.69) is 10.3 Å². The second kappa shape index (κ2) is 8.27. The van der Waals surface area contributed by atoms with Gasteiger partial charge < -0.3 is 15.8 Å². The van der Waals surface area contributed by atoms with Crippen LogP contribution in [0.2, 0.25) is 0 Å². The van der Waals surface area contributed by atoms with Gasteiger partial charge in [-0.3, -0.25) is 4.79 Å². The van der Waals surface area contributed by atoms with Crippen LogP contribution >= 0.6 is 23.7 Å². The first-order valence-corrected chi connectivity index (χ1v) is 9.90. The predicted molar refractivity (Wildman–Crippen MR) is 112 cm³/mol. The van der Waals surface area contributed by atoms with Gasteiger partial charge in [-0.15, -0.1) is 23.7 Å². The molecule has 1 aliphatic carbocycles. The van der Waals surface area contributed by atoms with Gasteiger partial charge in [-0.1, -0.05) is 44.2 Å². The molecule has 1 heterocycles. The summed E-state index contributed by atoms with van der Waals surface area (Å²) < 4.78 is 5.71. The maximum absolute atomic E-state index is 12.9. The Kier molecular flexibility index (Phi) is 6.68. The van der Waals surface area contributed by atoms with Crippen LogP contribution in [0.15, 0.2) is 35.7 Å². The first kappa shape index (κ1) is 21.8. The molecule has 148 valence electrons. The van der Waals surface area contributed by atoms with E-state index in [4.69, 9.17) is 10.5 Å². The second-order valence-electron chi connectivity index (χ2n) is 7.47. The highest BCUT2D eigenvalue weighted by Gasteiger charge is 2.63. The number of halogens is 1. The van der Waals surface area contributed by atoms with E-state index in [1.165, 1.54) is 0 Å². The van der Waals surface area contributed by atoms with E-state index in [0.717, 1.165) is 16.3 Å². The van der Waals surface area contributed by atoms with Crippen molar-refractivity contribution in [1.82, 2.24) is 10.3 Å². The van der Waals surface area contributed by atoms with Gasteiger partial charge in [0.15, 0.2) is 0 Å². The summed E-state index contributed by atoms with van der Waals surface area (Å²) in [6, 6.07) is 9.84. The van der Waals surface area contributed by atoms with E-state index in [-0.39, 0.29) is 30.5 Å². The average molecular weight is 410 g/mol. The number of aromatic nitrogens is 1. The lowest BCUT2D eigenvalue weighted by atomic mass is 9.54. The Bertz CT molecular complexity index is 781. The predicted octanol–water partition coefficient (Wildman–Crippen LogP) is 3.94. The molecule has 3 N–H and O–H groups in total. The molecular formula is C20H28ClN3O2S. The average Bonchev–Trinajstić information content (AvgIpc) is 3.12. The lowest BCUT2D eigenvalue weighted by molar-refractivity contribution is -0.171. The second-order valence-corrected chi connectivity index (χ2v) is 8.36. The van der Waals surface area contributed by atoms with Crippen LogP contribution in [-0.2, 0) is 9.53 Å². The number of ether oxygens (including phenoxy) is 1. The number of hydrogen-bond acceptors (Lipinski definition) is 5. The standard InChI is InChI=1S/C20H27N3O2S.ClH/c1-5-25-16-11-20(21,19(16,3)4)18(24)22-13(2)17-23-15(12-26-17)14-9-7-6-8-10-14;/h6-10,12-13,16H,5,11,21H2,1-4H3,(H,22,24);1H. The third kappa shape index (κ3) is 3.90. The van der Waals surface area contributed by atoms with Crippen LogP contribution in [0.3, 0.4) is 0 Å².